The molecule has 1 fully saturated rings. The van der Waals surface area contributed by atoms with Crippen molar-refractivity contribution in [3.63, 3.8) is 0 Å². The highest BCUT2D eigenvalue weighted by Gasteiger charge is 2.22. The van der Waals surface area contributed by atoms with Gasteiger partial charge in [-0.15, -0.1) is 0 Å². The molecule has 0 unspecified atom stereocenters. The summed E-state index contributed by atoms with van der Waals surface area (Å²) in [5, 5.41) is 3.45. The van der Waals surface area contributed by atoms with Gasteiger partial charge in [0.15, 0.2) is 5.16 Å². The van der Waals surface area contributed by atoms with Crippen molar-refractivity contribution < 1.29 is 4.79 Å². The zero-order chi connectivity index (χ0) is 14.5. The highest BCUT2D eigenvalue weighted by molar-refractivity contribution is 7.99. The number of carbonyl (C=O) groups excluding carboxylic acids is 1. The van der Waals surface area contributed by atoms with E-state index in [0.717, 1.165) is 6.42 Å². The van der Waals surface area contributed by atoms with Crippen molar-refractivity contribution in [3.8, 4) is 0 Å². The van der Waals surface area contributed by atoms with Gasteiger partial charge >= 0.3 is 0 Å². The predicted octanol–water partition coefficient (Wildman–Crippen LogP) is 0.823. The molecule has 1 aliphatic rings. The maximum absolute atomic E-state index is 11.9. The van der Waals surface area contributed by atoms with Crippen molar-refractivity contribution in [3.05, 3.63) is 0 Å². The van der Waals surface area contributed by atoms with Gasteiger partial charge in [0.05, 0.1) is 5.75 Å². The first-order valence-electron chi connectivity index (χ1n) is 6.74. The molecule has 2 rings (SSSR count). The number of nitrogens with one attached hydrogen (secondary N) is 1. The van der Waals surface area contributed by atoms with Gasteiger partial charge in [-0.05, 0) is 18.8 Å². The summed E-state index contributed by atoms with van der Waals surface area (Å²) in [6, 6.07) is 0.283. The Labute approximate surface area is 122 Å². The summed E-state index contributed by atoms with van der Waals surface area (Å²) in [7, 11) is 0. The molecule has 1 saturated carbocycles. The van der Waals surface area contributed by atoms with E-state index in [1.54, 1.807) is 0 Å². The summed E-state index contributed by atoms with van der Waals surface area (Å²) >= 11 is 1.21. The summed E-state index contributed by atoms with van der Waals surface area (Å²) in [5.74, 6) is 0.932. The first-order valence-corrected chi connectivity index (χ1v) is 7.72. The molecule has 1 aromatic rings. The fourth-order valence-electron chi connectivity index (χ4n) is 2.36. The summed E-state index contributed by atoms with van der Waals surface area (Å²) in [5.41, 5.74) is 11.0. The summed E-state index contributed by atoms with van der Waals surface area (Å²) in [6.45, 7) is 2.19. The molecular formula is C12H20N6OS. The number of rotatable bonds is 4. The standard InChI is InChI=1S/C12H20N6OS/c1-7-4-2-3-5-8(7)15-9(19)6-20-12-17-10(13)16-11(14)18-12/h7-8H,2-6H2,1H3,(H,15,19)(H4,13,14,16,17,18)/t7-,8-/m1/s1. The number of aromatic nitrogens is 3. The van der Waals surface area contributed by atoms with Crippen LogP contribution >= 0.6 is 11.8 Å². The molecule has 110 valence electrons. The minimum Gasteiger partial charge on any atom is -0.368 e. The number of anilines is 2. The highest BCUT2D eigenvalue weighted by Crippen LogP contribution is 2.24. The van der Waals surface area contributed by atoms with E-state index in [-0.39, 0.29) is 29.6 Å². The number of amides is 1. The first kappa shape index (κ1) is 14.8. The summed E-state index contributed by atoms with van der Waals surface area (Å²) in [6.07, 6.45) is 4.68. The lowest BCUT2D eigenvalue weighted by Crippen LogP contribution is -2.41. The molecule has 0 spiro atoms. The van der Waals surface area contributed by atoms with Crippen LogP contribution in [0.5, 0.6) is 0 Å². The van der Waals surface area contributed by atoms with Crippen LogP contribution in [0.2, 0.25) is 0 Å². The van der Waals surface area contributed by atoms with E-state index < -0.39 is 0 Å². The van der Waals surface area contributed by atoms with Gasteiger partial charge in [-0.2, -0.15) is 15.0 Å². The molecular weight excluding hydrogens is 276 g/mol. The van der Waals surface area contributed by atoms with E-state index in [0.29, 0.717) is 11.1 Å². The molecule has 20 heavy (non-hydrogen) atoms. The number of nitrogens with two attached hydrogens (primary N) is 2. The number of nitrogen functional groups attached to an aromatic ring is 2. The van der Waals surface area contributed by atoms with Gasteiger partial charge in [-0.1, -0.05) is 31.5 Å². The van der Waals surface area contributed by atoms with Crippen LogP contribution in [0.15, 0.2) is 5.16 Å². The lowest BCUT2D eigenvalue weighted by Gasteiger charge is -2.29. The van der Waals surface area contributed by atoms with E-state index in [4.69, 9.17) is 11.5 Å². The van der Waals surface area contributed by atoms with Crippen molar-refractivity contribution in [2.75, 3.05) is 17.2 Å². The SMILES string of the molecule is C[C@@H]1CCCC[C@H]1NC(=O)CSc1nc(N)nc(N)n1. The Morgan fingerprint density at radius 2 is 1.90 bits per heavy atom. The molecule has 1 amide bonds. The molecule has 0 saturated heterocycles. The monoisotopic (exact) mass is 296 g/mol. The number of hydrogen-bond acceptors (Lipinski definition) is 7. The van der Waals surface area contributed by atoms with Gasteiger partial charge in [0.2, 0.25) is 17.8 Å². The fourth-order valence-corrected chi connectivity index (χ4v) is 3.02. The van der Waals surface area contributed by atoms with E-state index in [1.165, 1.54) is 31.0 Å². The highest BCUT2D eigenvalue weighted by atomic mass is 32.2. The molecule has 5 N–H and O–H groups in total. The lowest BCUT2D eigenvalue weighted by atomic mass is 9.86. The number of nitrogens with zero attached hydrogens (tertiary/aromatic N) is 3. The van der Waals surface area contributed by atoms with Gasteiger partial charge in [-0.3, -0.25) is 4.79 Å². The second-order valence-electron chi connectivity index (χ2n) is 5.06. The molecule has 1 heterocycles. The van der Waals surface area contributed by atoms with Crippen LogP contribution in [0.25, 0.3) is 0 Å². The minimum atomic E-state index is -0.00805. The van der Waals surface area contributed by atoms with E-state index in [9.17, 15) is 4.79 Å². The third-order valence-electron chi connectivity index (χ3n) is 3.44. The van der Waals surface area contributed by atoms with Crippen LogP contribution in [0.1, 0.15) is 32.6 Å². The van der Waals surface area contributed by atoms with Crippen molar-refractivity contribution in [1.29, 1.82) is 0 Å². The van der Waals surface area contributed by atoms with Crippen molar-refractivity contribution >= 4 is 29.6 Å². The van der Waals surface area contributed by atoms with Crippen LogP contribution in [-0.2, 0) is 4.79 Å². The third kappa shape index (κ3) is 4.22. The van der Waals surface area contributed by atoms with Crippen molar-refractivity contribution in [2.24, 2.45) is 5.92 Å². The van der Waals surface area contributed by atoms with Gasteiger partial charge in [-0.25, -0.2) is 0 Å². The zero-order valence-electron chi connectivity index (χ0n) is 11.5. The Morgan fingerprint density at radius 3 is 2.55 bits per heavy atom. The third-order valence-corrected chi connectivity index (χ3v) is 4.29. The van der Waals surface area contributed by atoms with Crippen LogP contribution in [0.4, 0.5) is 11.9 Å². The normalized spacial score (nSPS) is 22.4. The van der Waals surface area contributed by atoms with E-state index >= 15 is 0 Å². The Morgan fingerprint density at radius 1 is 1.25 bits per heavy atom. The average molecular weight is 296 g/mol. The van der Waals surface area contributed by atoms with E-state index in [1.807, 2.05) is 0 Å². The molecule has 0 aromatic carbocycles. The molecule has 8 heteroatoms. The number of carbonyl (C=O) groups is 1. The van der Waals surface area contributed by atoms with Gasteiger partial charge in [0.1, 0.15) is 0 Å². The number of thioether (sulfide) groups is 1. The zero-order valence-corrected chi connectivity index (χ0v) is 12.3. The molecule has 0 aliphatic heterocycles. The molecule has 0 bridgehead atoms. The lowest BCUT2D eigenvalue weighted by molar-refractivity contribution is -0.119. The maximum atomic E-state index is 11.9. The smallest absolute Gasteiger partial charge is 0.230 e. The average Bonchev–Trinajstić information content (AvgIpc) is 2.38. The molecule has 0 radical (unpaired) electrons. The van der Waals surface area contributed by atoms with Crippen LogP contribution in [0.3, 0.4) is 0 Å². The summed E-state index contributed by atoms with van der Waals surface area (Å²) < 4.78 is 0. The number of hydrogen-bond donors (Lipinski definition) is 3. The summed E-state index contributed by atoms with van der Waals surface area (Å²) in [4.78, 5) is 23.5. The van der Waals surface area contributed by atoms with Gasteiger partial charge in [0.25, 0.3) is 0 Å². The Balaban J connectivity index is 1.82. The maximum Gasteiger partial charge on any atom is 0.230 e. The molecule has 2 atom stereocenters. The Kier molecular flexibility index (Phi) is 4.99. The molecule has 1 aromatic heterocycles. The molecule has 7 nitrogen and oxygen atoms in total. The second-order valence-corrected chi connectivity index (χ2v) is 6.00. The quantitative estimate of drug-likeness (QED) is 0.703. The van der Waals surface area contributed by atoms with Gasteiger partial charge < -0.3 is 16.8 Å². The fraction of sp³-hybridized carbons (Fsp3) is 0.667. The second kappa shape index (κ2) is 6.74. The molecule has 1 aliphatic carbocycles. The topological polar surface area (TPSA) is 120 Å². The minimum absolute atomic E-state index is 0.00805. The Hall–Kier alpha value is -1.57. The largest absolute Gasteiger partial charge is 0.368 e. The van der Waals surface area contributed by atoms with Crippen molar-refractivity contribution in [1.82, 2.24) is 20.3 Å². The Bertz CT molecular complexity index is 463. The van der Waals surface area contributed by atoms with Crippen LogP contribution in [-0.4, -0.2) is 32.7 Å². The van der Waals surface area contributed by atoms with Gasteiger partial charge in [0, 0.05) is 6.04 Å². The first-order chi connectivity index (χ1) is 9.54. The van der Waals surface area contributed by atoms with Crippen LogP contribution in [0, 0.1) is 5.92 Å². The predicted molar refractivity (Wildman–Crippen MR) is 78.9 cm³/mol. The van der Waals surface area contributed by atoms with Crippen molar-refractivity contribution in [2.45, 2.75) is 43.8 Å². The van der Waals surface area contributed by atoms with Crippen LogP contribution < -0.4 is 16.8 Å². The van der Waals surface area contributed by atoms with E-state index in [2.05, 4.69) is 27.2 Å².